The highest BCUT2D eigenvalue weighted by atomic mass is 32.1. The lowest BCUT2D eigenvalue weighted by Crippen LogP contribution is -2.42. The molecule has 0 aliphatic carbocycles. The molecule has 2 aliphatic rings. The Morgan fingerprint density at radius 1 is 1.20 bits per heavy atom. The van der Waals surface area contributed by atoms with Gasteiger partial charge in [-0.25, -0.2) is 0 Å². The third-order valence-electron chi connectivity index (χ3n) is 6.53. The Morgan fingerprint density at radius 3 is 2.77 bits per heavy atom. The number of rotatable bonds is 6. The summed E-state index contributed by atoms with van der Waals surface area (Å²) < 4.78 is 5.62. The lowest BCUT2D eigenvalue weighted by Gasteiger charge is -2.31. The highest BCUT2D eigenvalue weighted by Crippen LogP contribution is 2.44. The van der Waals surface area contributed by atoms with Crippen LogP contribution in [0.5, 0.6) is 0 Å². The summed E-state index contributed by atoms with van der Waals surface area (Å²) in [6.07, 6.45) is 1.95. The molecule has 0 amide bonds. The molecule has 2 aliphatic heterocycles. The SMILES string of the molecule is CCOC(=O)[C@]12CCCN(Cc3ccc(C)s3)C[C@H]1CN(Cc1cccc(C)n1)C2. The zero-order valence-corrected chi connectivity index (χ0v) is 19.2. The molecule has 2 saturated heterocycles. The van der Waals surface area contributed by atoms with Crippen LogP contribution in [0, 0.1) is 25.2 Å². The van der Waals surface area contributed by atoms with Crippen molar-refractivity contribution in [3.05, 3.63) is 51.5 Å². The summed E-state index contributed by atoms with van der Waals surface area (Å²) in [5.74, 6) is 0.299. The first-order chi connectivity index (χ1) is 14.5. The summed E-state index contributed by atoms with van der Waals surface area (Å²) in [5.41, 5.74) is 1.73. The summed E-state index contributed by atoms with van der Waals surface area (Å²) in [4.78, 5) is 25.6. The summed E-state index contributed by atoms with van der Waals surface area (Å²) in [6.45, 7) is 12.0. The van der Waals surface area contributed by atoms with Gasteiger partial charge in [-0.2, -0.15) is 0 Å². The number of aryl methyl sites for hydroxylation is 2. The van der Waals surface area contributed by atoms with Crippen molar-refractivity contribution >= 4 is 17.3 Å². The number of aromatic nitrogens is 1. The van der Waals surface area contributed by atoms with E-state index in [1.165, 1.54) is 9.75 Å². The van der Waals surface area contributed by atoms with Gasteiger partial charge in [-0.05, 0) is 64.4 Å². The topological polar surface area (TPSA) is 45.7 Å². The summed E-state index contributed by atoms with van der Waals surface area (Å²) in [7, 11) is 0. The Balaban J connectivity index is 1.53. The molecule has 4 rings (SSSR count). The van der Waals surface area contributed by atoms with Crippen molar-refractivity contribution in [1.82, 2.24) is 14.8 Å². The van der Waals surface area contributed by atoms with E-state index < -0.39 is 0 Å². The second-order valence-electron chi connectivity index (χ2n) is 8.86. The molecule has 2 aromatic heterocycles. The van der Waals surface area contributed by atoms with Crippen LogP contribution in [0.3, 0.4) is 0 Å². The number of carbonyl (C=O) groups excluding carboxylic acids is 1. The monoisotopic (exact) mass is 427 g/mol. The largest absolute Gasteiger partial charge is 0.466 e. The van der Waals surface area contributed by atoms with Gasteiger partial charge < -0.3 is 4.74 Å². The molecule has 5 nitrogen and oxygen atoms in total. The number of likely N-dealkylation sites (tertiary alicyclic amines) is 2. The van der Waals surface area contributed by atoms with E-state index in [2.05, 4.69) is 46.0 Å². The summed E-state index contributed by atoms with van der Waals surface area (Å²) >= 11 is 1.88. The van der Waals surface area contributed by atoms with E-state index in [4.69, 9.17) is 4.74 Å². The number of thiophene rings is 1. The average Bonchev–Trinajstić information content (AvgIpc) is 3.21. The van der Waals surface area contributed by atoms with E-state index in [1.54, 1.807) is 0 Å². The zero-order valence-electron chi connectivity index (χ0n) is 18.4. The molecule has 0 N–H and O–H groups in total. The van der Waals surface area contributed by atoms with Crippen LogP contribution in [-0.2, 0) is 22.6 Å². The van der Waals surface area contributed by atoms with Gasteiger partial charge >= 0.3 is 5.97 Å². The van der Waals surface area contributed by atoms with Crippen LogP contribution in [0.25, 0.3) is 0 Å². The molecule has 2 atom stereocenters. The average molecular weight is 428 g/mol. The summed E-state index contributed by atoms with van der Waals surface area (Å²) in [5, 5.41) is 0. The van der Waals surface area contributed by atoms with E-state index >= 15 is 0 Å². The summed E-state index contributed by atoms with van der Waals surface area (Å²) in [6, 6.07) is 10.6. The maximum atomic E-state index is 13.2. The third-order valence-corrected chi connectivity index (χ3v) is 7.52. The fraction of sp³-hybridized carbons (Fsp3) is 0.583. The van der Waals surface area contributed by atoms with E-state index in [0.717, 1.165) is 63.5 Å². The molecular weight excluding hydrogens is 394 g/mol. The van der Waals surface area contributed by atoms with Crippen LogP contribution in [0.1, 0.15) is 40.9 Å². The van der Waals surface area contributed by atoms with E-state index in [-0.39, 0.29) is 11.4 Å². The standard InChI is InChI=1S/C24H33N3O2S/c1-4-29-23(28)24-11-6-12-26(16-22-10-9-19(3)30-22)13-20(24)14-27(17-24)15-21-8-5-7-18(2)25-21/h5,7-10,20H,4,6,11-17H2,1-3H3/t20-,24-/m0/s1. The first kappa shape index (κ1) is 21.5. The number of pyridine rings is 1. The highest BCUT2D eigenvalue weighted by molar-refractivity contribution is 7.11. The van der Waals surface area contributed by atoms with Crippen LogP contribution < -0.4 is 0 Å². The van der Waals surface area contributed by atoms with Crippen molar-refractivity contribution in [3.8, 4) is 0 Å². The van der Waals surface area contributed by atoms with Crippen molar-refractivity contribution in [2.24, 2.45) is 11.3 Å². The lowest BCUT2D eigenvalue weighted by molar-refractivity contribution is -0.157. The number of hydrogen-bond donors (Lipinski definition) is 0. The first-order valence-corrected chi connectivity index (χ1v) is 11.9. The van der Waals surface area contributed by atoms with Gasteiger partial charge in [0.2, 0.25) is 0 Å². The van der Waals surface area contributed by atoms with Crippen LogP contribution in [0.4, 0.5) is 0 Å². The Bertz CT molecular complexity index is 883. The van der Waals surface area contributed by atoms with Crippen molar-refractivity contribution in [1.29, 1.82) is 0 Å². The number of carbonyl (C=O) groups is 1. The predicted octanol–water partition coefficient (Wildman–Crippen LogP) is 4.04. The molecule has 6 heteroatoms. The maximum Gasteiger partial charge on any atom is 0.313 e. The normalized spacial score (nSPS) is 25.1. The Morgan fingerprint density at radius 2 is 2.03 bits per heavy atom. The molecule has 162 valence electrons. The quantitative estimate of drug-likeness (QED) is 0.651. The van der Waals surface area contributed by atoms with E-state index in [9.17, 15) is 4.79 Å². The van der Waals surface area contributed by atoms with Gasteiger partial charge in [0.1, 0.15) is 0 Å². The second kappa shape index (κ2) is 9.16. The first-order valence-electron chi connectivity index (χ1n) is 11.1. The minimum atomic E-state index is -0.389. The minimum absolute atomic E-state index is 0.00326. The second-order valence-corrected chi connectivity index (χ2v) is 10.2. The van der Waals surface area contributed by atoms with Gasteiger partial charge in [-0.15, -0.1) is 11.3 Å². The fourth-order valence-corrected chi connectivity index (χ4v) is 6.13. The van der Waals surface area contributed by atoms with Crippen LogP contribution in [0.2, 0.25) is 0 Å². The molecule has 0 radical (unpaired) electrons. The van der Waals surface area contributed by atoms with Crippen LogP contribution >= 0.6 is 11.3 Å². The number of fused-ring (bicyclic) bond motifs is 1. The van der Waals surface area contributed by atoms with Crippen LogP contribution in [-0.4, -0.2) is 53.5 Å². The molecule has 0 saturated carbocycles. The molecule has 0 unspecified atom stereocenters. The van der Waals surface area contributed by atoms with E-state index in [0.29, 0.717) is 12.5 Å². The molecular formula is C24H33N3O2S. The van der Waals surface area contributed by atoms with Crippen molar-refractivity contribution in [3.63, 3.8) is 0 Å². The molecule has 30 heavy (non-hydrogen) atoms. The Labute approximate surface area is 184 Å². The van der Waals surface area contributed by atoms with Gasteiger partial charge in [0.05, 0.1) is 17.7 Å². The van der Waals surface area contributed by atoms with Gasteiger partial charge in [-0.3, -0.25) is 19.6 Å². The smallest absolute Gasteiger partial charge is 0.313 e. The van der Waals surface area contributed by atoms with Gasteiger partial charge in [0.15, 0.2) is 0 Å². The fourth-order valence-electron chi connectivity index (χ4n) is 5.20. The van der Waals surface area contributed by atoms with Crippen molar-refractivity contribution in [2.75, 3.05) is 32.8 Å². The van der Waals surface area contributed by atoms with E-state index in [1.807, 2.05) is 31.3 Å². The molecule has 4 heterocycles. The minimum Gasteiger partial charge on any atom is -0.466 e. The molecule has 0 aromatic carbocycles. The van der Waals surface area contributed by atoms with Gasteiger partial charge in [0, 0.05) is 54.1 Å². The van der Waals surface area contributed by atoms with Crippen molar-refractivity contribution < 1.29 is 9.53 Å². The van der Waals surface area contributed by atoms with Crippen molar-refractivity contribution in [2.45, 2.75) is 46.7 Å². The van der Waals surface area contributed by atoms with Crippen LogP contribution in [0.15, 0.2) is 30.3 Å². The zero-order chi connectivity index (χ0) is 21.1. The maximum absolute atomic E-state index is 13.2. The number of hydrogen-bond acceptors (Lipinski definition) is 6. The Hall–Kier alpha value is -1.76. The Kier molecular flexibility index (Phi) is 6.56. The molecule has 2 fully saturated rings. The molecule has 2 aromatic rings. The molecule has 0 bridgehead atoms. The predicted molar refractivity (Wildman–Crippen MR) is 120 cm³/mol. The van der Waals surface area contributed by atoms with Gasteiger partial charge in [0.25, 0.3) is 0 Å². The molecule has 0 spiro atoms. The number of nitrogens with zero attached hydrogens (tertiary/aromatic N) is 3. The number of ether oxygens (including phenoxy) is 1. The highest BCUT2D eigenvalue weighted by Gasteiger charge is 2.53. The lowest BCUT2D eigenvalue weighted by atomic mass is 9.75. The third kappa shape index (κ3) is 4.61. The van der Waals surface area contributed by atoms with Gasteiger partial charge in [-0.1, -0.05) is 6.07 Å². The number of esters is 1.